The number of hydrogen-bond donors (Lipinski definition) is 1. The lowest BCUT2D eigenvalue weighted by molar-refractivity contribution is -0.146. The van der Waals surface area contributed by atoms with E-state index in [1.807, 2.05) is 7.05 Å². The second-order valence-corrected chi connectivity index (χ2v) is 7.40. The van der Waals surface area contributed by atoms with E-state index in [1.54, 1.807) is 0 Å². The predicted molar refractivity (Wildman–Crippen MR) is 97.1 cm³/mol. The van der Waals surface area contributed by atoms with Gasteiger partial charge < -0.3 is 15.0 Å². The largest absolute Gasteiger partial charge is 0.469 e. The summed E-state index contributed by atoms with van der Waals surface area (Å²) in [5.74, 6) is 1.64. The molecule has 0 radical (unpaired) electrons. The van der Waals surface area contributed by atoms with E-state index in [1.165, 1.54) is 33.0 Å². The molecule has 1 N–H and O–H groups in total. The molecule has 138 valence electrons. The Labute approximate surface area is 146 Å². The van der Waals surface area contributed by atoms with Crippen molar-refractivity contribution < 1.29 is 9.53 Å². The maximum absolute atomic E-state index is 11.6. The third-order valence-electron chi connectivity index (χ3n) is 5.14. The van der Waals surface area contributed by atoms with Crippen LogP contribution in [-0.4, -0.2) is 74.7 Å². The molecule has 2 aliphatic rings. The summed E-state index contributed by atoms with van der Waals surface area (Å²) in [5, 5.41) is 3.56. The van der Waals surface area contributed by atoms with Crippen LogP contribution in [0, 0.1) is 11.8 Å². The second-order valence-electron chi connectivity index (χ2n) is 7.40. The van der Waals surface area contributed by atoms with E-state index in [2.05, 4.69) is 34.0 Å². The first-order valence-corrected chi connectivity index (χ1v) is 9.32. The quantitative estimate of drug-likeness (QED) is 0.468. The second kappa shape index (κ2) is 9.25. The van der Waals surface area contributed by atoms with Crippen molar-refractivity contribution in [2.24, 2.45) is 16.8 Å². The van der Waals surface area contributed by atoms with Crippen molar-refractivity contribution in [2.45, 2.75) is 45.6 Å². The van der Waals surface area contributed by atoms with Crippen LogP contribution in [-0.2, 0) is 9.53 Å². The molecule has 0 aromatic rings. The number of methoxy groups -OCH3 is 1. The molecule has 0 aliphatic carbocycles. The van der Waals surface area contributed by atoms with Crippen LogP contribution in [0.2, 0.25) is 0 Å². The molecule has 0 amide bonds. The number of aliphatic imine (C=N–C) groups is 1. The van der Waals surface area contributed by atoms with Crippen molar-refractivity contribution in [3.8, 4) is 0 Å². The van der Waals surface area contributed by atoms with Crippen LogP contribution in [0.15, 0.2) is 4.99 Å². The molecule has 2 fully saturated rings. The number of guanidine groups is 1. The highest BCUT2D eigenvalue weighted by molar-refractivity contribution is 5.80. The van der Waals surface area contributed by atoms with Crippen molar-refractivity contribution in [3.63, 3.8) is 0 Å². The Morgan fingerprint density at radius 2 is 1.96 bits per heavy atom. The van der Waals surface area contributed by atoms with E-state index in [4.69, 9.17) is 4.74 Å². The van der Waals surface area contributed by atoms with Gasteiger partial charge in [-0.3, -0.25) is 14.7 Å². The van der Waals surface area contributed by atoms with Crippen LogP contribution in [0.4, 0.5) is 0 Å². The molecule has 6 nitrogen and oxygen atoms in total. The third kappa shape index (κ3) is 5.10. The van der Waals surface area contributed by atoms with Crippen LogP contribution >= 0.6 is 0 Å². The van der Waals surface area contributed by atoms with E-state index in [9.17, 15) is 4.79 Å². The Morgan fingerprint density at radius 3 is 2.54 bits per heavy atom. The zero-order valence-corrected chi connectivity index (χ0v) is 15.8. The van der Waals surface area contributed by atoms with E-state index >= 15 is 0 Å². The summed E-state index contributed by atoms with van der Waals surface area (Å²) in [6.07, 6.45) is 4.25. The fraction of sp³-hybridized carbons (Fsp3) is 0.889. The SMILES string of the molecule is CN=C(NC[C@H]1CCCN1CC(C)C)N1CCC(C(=O)OC)CC1. The minimum atomic E-state index is -0.0760. The Balaban J connectivity index is 1.80. The number of nitrogens with one attached hydrogen (secondary N) is 1. The molecule has 0 spiro atoms. The molecule has 0 saturated carbocycles. The maximum Gasteiger partial charge on any atom is 0.308 e. The Morgan fingerprint density at radius 1 is 1.25 bits per heavy atom. The van der Waals surface area contributed by atoms with Gasteiger partial charge in [-0.15, -0.1) is 0 Å². The van der Waals surface area contributed by atoms with Gasteiger partial charge in [-0.1, -0.05) is 13.8 Å². The number of carbonyl (C=O) groups excluding carboxylic acids is 1. The minimum Gasteiger partial charge on any atom is -0.469 e. The average Bonchev–Trinajstić information content (AvgIpc) is 3.01. The number of ether oxygens (including phenoxy) is 1. The van der Waals surface area contributed by atoms with Gasteiger partial charge in [-0.25, -0.2) is 0 Å². The lowest BCUT2D eigenvalue weighted by atomic mass is 9.97. The summed E-state index contributed by atoms with van der Waals surface area (Å²) >= 11 is 0. The predicted octanol–water partition coefficient (Wildman–Crippen LogP) is 1.57. The van der Waals surface area contributed by atoms with Gasteiger partial charge in [0.25, 0.3) is 0 Å². The maximum atomic E-state index is 11.6. The van der Waals surface area contributed by atoms with Gasteiger partial charge in [0.15, 0.2) is 5.96 Å². The summed E-state index contributed by atoms with van der Waals surface area (Å²) in [4.78, 5) is 21.0. The molecule has 0 aromatic carbocycles. The fourth-order valence-electron chi connectivity index (χ4n) is 3.87. The first kappa shape index (κ1) is 19.0. The number of piperidine rings is 1. The van der Waals surface area contributed by atoms with Crippen LogP contribution in [0.1, 0.15) is 39.5 Å². The molecule has 2 saturated heterocycles. The molecule has 2 rings (SSSR count). The Bertz CT molecular complexity index is 431. The van der Waals surface area contributed by atoms with Crippen LogP contribution < -0.4 is 5.32 Å². The molecule has 24 heavy (non-hydrogen) atoms. The molecule has 6 heteroatoms. The highest BCUT2D eigenvalue weighted by atomic mass is 16.5. The zero-order chi connectivity index (χ0) is 17.5. The van der Waals surface area contributed by atoms with Gasteiger partial charge in [0.2, 0.25) is 0 Å². The van der Waals surface area contributed by atoms with E-state index in [0.717, 1.165) is 38.4 Å². The molecular weight excluding hydrogens is 304 g/mol. The highest BCUT2D eigenvalue weighted by Gasteiger charge is 2.28. The van der Waals surface area contributed by atoms with Gasteiger partial charge >= 0.3 is 5.97 Å². The Hall–Kier alpha value is -1.30. The van der Waals surface area contributed by atoms with Gasteiger partial charge in [0.05, 0.1) is 13.0 Å². The first-order valence-electron chi connectivity index (χ1n) is 9.32. The summed E-state index contributed by atoms with van der Waals surface area (Å²) in [6.45, 7) is 9.64. The monoisotopic (exact) mass is 338 g/mol. The first-order chi connectivity index (χ1) is 11.5. The Kier molecular flexibility index (Phi) is 7.34. The van der Waals surface area contributed by atoms with Crippen LogP contribution in [0.5, 0.6) is 0 Å². The lowest BCUT2D eigenvalue weighted by Gasteiger charge is -2.34. The summed E-state index contributed by atoms with van der Waals surface area (Å²) in [6, 6.07) is 0.608. The van der Waals surface area contributed by atoms with Crippen LogP contribution in [0.3, 0.4) is 0 Å². The fourth-order valence-corrected chi connectivity index (χ4v) is 3.87. The normalized spacial score (nSPS) is 23.8. The molecule has 2 aliphatic heterocycles. The highest BCUT2D eigenvalue weighted by Crippen LogP contribution is 2.20. The lowest BCUT2D eigenvalue weighted by Crippen LogP contribution is -2.50. The number of rotatable bonds is 5. The van der Waals surface area contributed by atoms with Crippen molar-refractivity contribution in [1.29, 1.82) is 0 Å². The summed E-state index contributed by atoms with van der Waals surface area (Å²) in [5.41, 5.74) is 0. The molecule has 0 unspecified atom stereocenters. The van der Waals surface area contributed by atoms with E-state index in [0.29, 0.717) is 12.0 Å². The van der Waals surface area contributed by atoms with E-state index in [-0.39, 0.29) is 11.9 Å². The summed E-state index contributed by atoms with van der Waals surface area (Å²) in [7, 11) is 3.31. The van der Waals surface area contributed by atoms with Gasteiger partial charge in [0.1, 0.15) is 0 Å². The number of nitrogens with zero attached hydrogens (tertiary/aromatic N) is 3. The zero-order valence-electron chi connectivity index (χ0n) is 15.8. The molecule has 2 heterocycles. The topological polar surface area (TPSA) is 57.2 Å². The van der Waals surface area contributed by atoms with E-state index < -0.39 is 0 Å². The van der Waals surface area contributed by atoms with Gasteiger partial charge in [-0.2, -0.15) is 0 Å². The number of hydrogen-bond acceptors (Lipinski definition) is 4. The molecule has 1 atom stereocenters. The van der Waals surface area contributed by atoms with Crippen molar-refractivity contribution in [3.05, 3.63) is 0 Å². The van der Waals surface area contributed by atoms with Crippen molar-refractivity contribution >= 4 is 11.9 Å². The van der Waals surface area contributed by atoms with Crippen molar-refractivity contribution in [1.82, 2.24) is 15.1 Å². The minimum absolute atomic E-state index is 0.0423. The number of carbonyl (C=O) groups is 1. The smallest absolute Gasteiger partial charge is 0.308 e. The molecular formula is C18H34N4O2. The van der Waals surface area contributed by atoms with Gasteiger partial charge in [-0.05, 0) is 38.1 Å². The molecule has 0 aromatic heterocycles. The average molecular weight is 338 g/mol. The van der Waals surface area contributed by atoms with Gasteiger partial charge in [0, 0.05) is 39.3 Å². The van der Waals surface area contributed by atoms with Crippen molar-refractivity contribution in [2.75, 3.05) is 46.9 Å². The standard InChI is InChI=1S/C18H34N4O2/c1-14(2)13-22-9-5-6-16(22)12-20-18(19-3)21-10-7-15(8-11-21)17(23)24-4/h14-16H,5-13H2,1-4H3,(H,19,20)/t16-/m1/s1. The summed E-state index contributed by atoms with van der Waals surface area (Å²) < 4.78 is 4.86. The third-order valence-corrected chi connectivity index (χ3v) is 5.14. The molecule has 0 bridgehead atoms. The number of esters is 1. The number of likely N-dealkylation sites (tertiary alicyclic amines) is 2. The van der Waals surface area contributed by atoms with Crippen LogP contribution in [0.25, 0.3) is 0 Å².